The zero-order valence-electron chi connectivity index (χ0n) is 20.5. The van der Waals surface area contributed by atoms with Crippen LogP contribution in [0.15, 0.2) is 59.6 Å². The Hall–Kier alpha value is -4.58. The van der Waals surface area contributed by atoms with Crippen LogP contribution >= 0.6 is 11.3 Å². The number of carboxylic acid groups (broad SMARTS) is 1. The molecular formula is C25H27N5O6S. The SMILES string of the molecule is CC(=O)O.COC(=O)CCNC(=O)c1sc(=NC(=O)c2ccc(C(=N)N)cc2)n(-c2ccccc2)c1C. The van der Waals surface area contributed by atoms with Gasteiger partial charge in [-0.25, -0.2) is 0 Å². The Morgan fingerprint density at radius 3 is 2.19 bits per heavy atom. The Morgan fingerprint density at radius 2 is 1.65 bits per heavy atom. The maximum Gasteiger partial charge on any atom is 0.307 e. The summed E-state index contributed by atoms with van der Waals surface area (Å²) in [6.07, 6.45) is 0.0529. The van der Waals surface area contributed by atoms with E-state index in [1.165, 1.54) is 7.11 Å². The summed E-state index contributed by atoms with van der Waals surface area (Å²) in [6, 6.07) is 15.5. The fourth-order valence-electron chi connectivity index (χ4n) is 3.02. The molecule has 0 fully saturated rings. The Labute approximate surface area is 216 Å². The molecule has 11 nitrogen and oxygen atoms in total. The van der Waals surface area contributed by atoms with Crippen LogP contribution in [0.5, 0.6) is 0 Å². The number of amides is 2. The Bertz CT molecular complexity index is 1360. The predicted octanol–water partition coefficient (Wildman–Crippen LogP) is 2.26. The number of hydrogen-bond acceptors (Lipinski definition) is 7. The fourth-order valence-corrected chi connectivity index (χ4v) is 4.07. The van der Waals surface area contributed by atoms with Crippen molar-refractivity contribution in [3.63, 3.8) is 0 Å². The van der Waals surface area contributed by atoms with Gasteiger partial charge in [0.05, 0.1) is 13.5 Å². The third-order valence-electron chi connectivity index (χ3n) is 4.75. The highest BCUT2D eigenvalue weighted by Gasteiger charge is 2.19. The second-order valence-corrected chi connectivity index (χ2v) is 8.46. The van der Waals surface area contributed by atoms with Crippen molar-refractivity contribution in [3.8, 4) is 5.69 Å². The quantitative estimate of drug-likeness (QED) is 0.208. The van der Waals surface area contributed by atoms with Gasteiger partial charge in [-0.2, -0.15) is 4.99 Å². The Balaban J connectivity index is 0.00000112. The number of esters is 1. The zero-order valence-corrected chi connectivity index (χ0v) is 21.3. The van der Waals surface area contributed by atoms with E-state index in [0.717, 1.165) is 23.9 Å². The molecule has 37 heavy (non-hydrogen) atoms. The van der Waals surface area contributed by atoms with Crippen LogP contribution in [-0.4, -0.2) is 52.9 Å². The van der Waals surface area contributed by atoms with Crippen molar-refractivity contribution in [2.45, 2.75) is 20.3 Å². The van der Waals surface area contributed by atoms with E-state index in [4.69, 9.17) is 21.0 Å². The normalized spacial score (nSPS) is 10.6. The summed E-state index contributed by atoms with van der Waals surface area (Å²) < 4.78 is 6.32. The number of hydrogen-bond donors (Lipinski definition) is 4. The van der Waals surface area contributed by atoms with Gasteiger partial charge in [0.25, 0.3) is 17.8 Å². The molecule has 0 aliphatic carbocycles. The standard InChI is InChI=1S/C23H23N5O4S.C2H4O2/c1-14-19(22(31)26-13-12-18(29)32-2)33-23(28(14)17-6-4-3-5-7-17)27-21(30)16-10-8-15(9-11-16)20(24)25;1-2(3)4/h3-11H,12-13H2,1-2H3,(H3,24,25)(H,26,31);1H3,(H,3,4). The molecule has 2 amide bonds. The molecule has 0 unspecified atom stereocenters. The van der Waals surface area contributed by atoms with E-state index in [2.05, 4.69) is 15.0 Å². The van der Waals surface area contributed by atoms with Gasteiger partial charge in [0.15, 0.2) is 4.80 Å². The van der Waals surface area contributed by atoms with Crippen molar-refractivity contribution in [3.05, 3.63) is 81.1 Å². The molecule has 2 aromatic carbocycles. The van der Waals surface area contributed by atoms with Gasteiger partial charge >= 0.3 is 5.97 Å². The molecule has 0 atom stereocenters. The molecule has 0 aliphatic heterocycles. The number of benzene rings is 2. The van der Waals surface area contributed by atoms with Crippen molar-refractivity contribution in [1.29, 1.82) is 5.41 Å². The minimum absolute atomic E-state index is 0.0529. The number of carboxylic acids is 1. The smallest absolute Gasteiger partial charge is 0.307 e. The van der Waals surface area contributed by atoms with Crippen LogP contribution in [0.1, 0.15) is 44.6 Å². The van der Waals surface area contributed by atoms with Crippen molar-refractivity contribution in [2.75, 3.05) is 13.7 Å². The van der Waals surface area contributed by atoms with E-state index in [0.29, 0.717) is 26.5 Å². The van der Waals surface area contributed by atoms with E-state index in [1.807, 2.05) is 30.3 Å². The van der Waals surface area contributed by atoms with Crippen LogP contribution in [0, 0.1) is 12.3 Å². The number of carbonyl (C=O) groups is 4. The van der Waals surface area contributed by atoms with Crippen LogP contribution in [0.25, 0.3) is 5.69 Å². The first-order valence-electron chi connectivity index (χ1n) is 10.9. The lowest BCUT2D eigenvalue weighted by atomic mass is 10.1. The summed E-state index contributed by atoms with van der Waals surface area (Å²) in [5.41, 5.74) is 7.66. The van der Waals surface area contributed by atoms with Crippen LogP contribution in [-0.2, 0) is 14.3 Å². The van der Waals surface area contributed by atoms with Gasteiger partial charge in [0.1, 0.15) is 10.7 Å². The summed E-state index contributed by atoms with van der Waals surface area (Å²) in [5, 5.41) is 17.6. The molecule has 3 aromatic rings. The van der Waals surface area contributed by atoms with Crippen LogP contribution in [0.3, 0.4) is 0 Å². The third-order valence-corrected chi connectivity index (χ3v) is 5.89. The minimum atomic E-state index is -0.833. The number of nitrogens with zero attached hydrogens (tertiary/aromatic N) is 2. The summed E-state index contributed by atoms with van der Waals surface area (Å²) >= 11 is 1.08. The van der Waals surface area contributed by atoms with E-state index in [9.17, 15) is 14.4 Å². The van der Waals surface area contributed by atoms with E-state index in [1.54, 1.807) is 35.8 Å². The number of nitrogens with one attached hydrogen (secondary N) is 2. The average Bonchev–Trinajstić information content (AvgIpc) is 3.19. The third kappa shape index (κ3) is 8.25. The molecule has 12 heteroatoms. The number of aliphatic carboxylic acids is 1. The molecule has 0 bridgehead atoms. The van der Waals surface area contributed by atoms with Gasteiger partial charge in [-0.15, -0.1) is 0 Å². The van der Waals surface area contributed by atoms with Gasteiger partial charge in [0, 0.05) is 36.0 Å². The molecule has 0 aliphatic rings. The Kier molecular flexibility index (Phi) is 10.5. The summed E-state index contributed by atoms with van der Waals surface area (Å²) in [6.45, 7) is 2.98. The summed E-state index contributed by atoms with van der Waals surface area (Å²) in [4.78, 5) is 50.9. The number of methoxy groups -OCH3 is 1. The number of amidine groups is 1. The molecule has 3 rings (SSSR count). The van der Waals surface area contributed by atoms with Gasteiger partial charge < -0.3 is 20.9 Å². The largest absolute Gasteiger partial charge is 0.481 e. The summed E-state index contributed by atoms with van der Waals surface area (Å²) in [5.74, 6) is -2.21. The van der Waals surface area contributed by atoms with Crippen molar-refractivity contribution >= 4 is 40.9 Å². The van der Waals surface area contributed by atoms with Crippen molar-refractivity contribution in [2.24, 2.45) is 10.7 Å². The number of para-hydroxylation sites is 1. The zero-order chi connectivity index (χ0) is 27.5. The minimum Gasteiger partial charge on any atom is -0.481 e. The molecule has 194 valence electrons. The maximum atomic E-state index is 12.8. The number of nitrogens with two attached hydrogens (primary N) is 1. The lowest BCUT2D eigenvalue weighted by molar-refractivity contribution is -0.140. The predicted molar refractivity (Wildman–Crippen MR) is 138 cm³/mol. The first-order chi connectivity index (χ1) is 17.5. The van der Waals surface area contributed by atoms with E-state index in [-0.39, 0.29) is 24.7 Å². The number of rotatable bonds is 7. The van der Waals surface area contributed by atoms with Crippen LogP contribution in [0.4, 0.5) is 0 Å². The molecule has 0 saturated heterocycles. The second kappa shape index (κ2) is 13.5. The fraction of sp³-hybridized carbons (Fsp3) is 0.200. The summed E-state index contributed by atoms with van der Waals surface area (Å²) in [7, 11) is 1.29. The lowest BCUT2D eigenvalue weighted by Crippen LogP contribution is -2.26. The second-order valence-electron chi connectivity index (χ2n) is 7.48. The van der Waals surface area contributed by atoms with E-state index < -0.39 is 17.8 Å². The van der Waals surface area contributed by atoms with Gasteiger partial charge in [-0.05, 0) is 31.2 Å². The highest BCUT2D eigenvalue weighted by atomic mass is 32.1. The topological polar surface area (TPSA) is 177 Å². The van der Waals surface area contributed by atoms with Crippen molar-refractivity contribution in [1.82, 2.24) is 9.88 Å². The first-order valence-corrected chi connectivity index (χ1v) is 11.7. The number of thiazole rings is 1. The highest BCUT2D eigenvalue weighted by molar-refractivity contribution is 7.11. The number of aromatic nitrogens is 1. The monoisotopic (exact) mass is 525 g/mol. The number of nitrogen functional groups attached to an aromatic ring is 1. The van der Waals surface area contributed by atoms with Crippen LogP contribution < -0.4 is 15.9 Å². The highest BCUT2D eigenvalue weighted by Crippen LogP contribution is 2.17. The molecule has 0 radical (unpaired) electrons. The van der Waals surface area contributed by atoms with Gasteiger partial charge in [0.2, 0.25) is 0 Å². The van der Waals surface area contributed by atoms with Crippen LogP contribution in [0.2, 0.25) is 0 Å². The molecule has 1 aromatic heterocycles. The molecule has 0 saturated carbocycles. The first kappa shape index (κ1) is 28.7. The van der Waals surface area contributed by atoms with Gasteiger partial charge in [-0.1, -0.05) is 41.7 Å². The molecule has 0 spiro atoms. The lowest BCUT2D eigenvalue weighted by Gasteiger charge is -2.07. The van der Waals surface area contributed by atoms with Gasteiger partial charge in [-0.3, -0.25) is 29.2 Å². The van der Waals surface area contributed by atoms with Crippen molar-refractivity contribution < 1.29 is 29.0 Å². The molecular weight excluding hydrogens is 498 g/mol. The average molecular weight is 526 g/mol. The molecule has 5 N–H and O–H groups in total. The maximum absolute atomic E-state index is 12.8. The Morgan fingerprint density at radius 1 is 1.08 bits per heavy atom. The number of carbonyl (C=O) groups excluding carboxylic acids is 3. The molecule has 1 heterocycles. The van der Waals surface area contributed by atoms with E-state index >= 15 is 0 Å². The number of ether oxygens (including phenoxy) is 1.